The van der Waals surface area contributed by atoms with Crippen molar-refractivity contribution >= 4 is 15.9 Å². The fourth-order valence-electron chi connectivity index (χ4n) is 1.61. The summed E-state index contributed by atoms with van der Waals surface area (Å²) in [6, 6.07) is 3.43. The summed E-state index contributed by atoms with van der Waals surface area (Å²) in [4.78, 5) is 0. The molecule has 1 aromatic carbocycles. The van der Waals surface area contributed by atoms with Crippen LogP contribution in [0.4, 0.5) is 0 Å². The number of phenols is 1. The van der Waals surface area contributed by atoms with Gasteiger partial charge in [-0.25, -0.2) is 0 Å². The van der Waals surface area contributed by atoms with Gasteiger partial charge >= 0.3 is 0 Å². The van der Waals surface area contributed by atoms with Crippen LogP contribution < -0.4 is 10.5 Å². The number of aromatic hydroxyl groups is 1. The van der Waals surface area contributed by atoms with Crippen LogP contribution in [-0.2, 0) is 0 Å². The second-order valence-electron chi connectivity index (χ2n) is 3.79. The predicted molar refractivity (Wildman–Crippen MR) is 68.8 cm³/mol. The van der Waals surface area contributed by atoms with Gasteiger partial charge in [-0.05, 0) is 18.6 Å². The van der Waals surface area contributed by atoms with Crippen LogP contribution >= 0.6 is 15.9 Å². The van der Waals surface area contributed by atoms with Crippen LogP contribution in [0.15, 0.2) is 16.6 Å². The average Bonchev–Trinajstić information content (AvgIpc) is 2.28. The number of unbranched alkanes of at least 4 members (excludes halogenated alkanes) is 1. The summed E-state index contributed by atoms with van der Waals surface area (Å²) in [5.74, 6) is 0.602. The zero-order valence-electron chi connectivity index (χ0n) is 9.66. The lowest BCUT2D eigenvalue weighted by Gasteiger charge is -2.15. The largest absolute Gasteiger partial charge is 0.504 e. The van der Waals surface area contributed by atoms with Crippen molar-refractivity contribution in [3.63, 3.8) is 0 Å². The number of ether oxygens (including phenoxy) is 1. The van der Waals surface area contributed by atoms with Crippen molar-refractivity contribution in [2.45, 2.75) is 32.2 Å². The monoisotopic (exact) mass is 287 g/mol. The molecule has 1 rings (SSSR count). The van der Waals surface area contributed by atoms with E-state index in [0.717, 1.165) is 29.3 Å². The molecular weight excluding hydrogens is 270 g/mol. The lowest BCUT2D eigenvalue weighted by atomic mass is 10.0. The minimum atomic E-state index is -0.147. The zero-order chi connectivity index (χ0) is 12.1. The Morgan fingerprint density at radius 1 is 1.50 bits per heavy atom. The molecule has 0 spiro atoms. The maximum absolute atomic E-state index is 9.96. The molecule has 90 valence electrons. The Morgan fingerprint density at radius 2 is 2.19 bits per heavy atom. The first-order valence-corrected chi connectivity index (χ1v) is 6.21. The third-order valence-electron chi connectivity index (χ3n) is 2.56. The van der Waals surface area contributed by atoms with Gasteiger partial charge in [-0.1, -0.05) is 35.7 Å². The first-order chi connectivity index (χ1) is 7.60. The lowest BCUT2D eigenvalue weighted by Crippen LogP contribution is -2.10. The molecule has 1 aromatic rings. The molecule has 0 aromatic heterocycles. The van der Waals surface area contributed by atoms with E-state index in [9.17, 15) is 5.11 Å². The van der Waals surface area contributed by atoms with Crippen molar-refractivity contribution < 1.29 is 9.84 Å². The van der Waals surface area contributed by atoms with Gasteiger partial charge in [0.15, 0.2) is 11.5 Å². The average molecular weight is 288 g/mol. The van der Waals surface area contributed by atoms with E-state index in [2.05, 4.69) is 22.9 Å². The highest BCUT2D eigenvalue weighted by Gasteiger charge is 2.15. The molecule has 0 amide bonds. The van der Waals surface area contributed by atoms with Crippen LogP contribution in [-0.4, -0.2) is 12.2 Å². The van der Waals surface area contributed by atoms with Gasteiger partial charge in [0.2, 0.25) is 0 Å². The van der Waals surface area contributed by atoms with Gasteiger partial charge < -0.3 is 15.6 Å². The Bertz CT molecular complexity index is 355. The second kappa shape index (κ2) is 6.11. The van der Waals surface area contributed by atoms with Gasteiger partial charge in [0.05, 0.1) is 7.11 Å². The van der Waals surface area contributed by atoms with Crippen LogP contribution in [0.25, 0.3) is 0 Å². The summed E-state index contributed by atoms with van der Waals surface area (Å²) in [6.07, 6.45) is 3.01. The number of halogens is 1. The highest BCUT2D eigenvalue weighted by atomic mass is 79.9. The number of rotatable bonds is 5. The quantitative estimate of drug-likeness (QED) is 0.873. The first-order valence-electron chi connectivity index (χ1n) is 5.42. The molecule has 0 unspecified atom stereocenters. The predicted octanol–water partition coefficient (Wildman–Crippen LogP) is 3.35. The SMILES string of the molecule is CCCC[C@H](N)c1cc(Br)cc(OC)c1O. The van der Waals surface area contributed by atoms with E-state index in [0.29, 0.717) is 5.75 Å². The van der Waals surface area contributed by atoms with E-state index in [-0.39, 0.29) is 11.8 Å². The number of phenolic OH excluding ortho intramolecular Hbond substituents is 1. The van der Waals surface area contributed by atoms with Crippen LogP contribution in [0.1, 0.15) is 37.8 Å². The third-order valence-corrected chi connectivity index (χ3v) is 3.02. The van der Waals surface area contributed by atoms with Gasteiger partial charge in [-0.15, -0.1) is 0 Å². The van der Waals surface area contributed by atoms with Crippen molar-refractivity contribution in [3.05, 3.63) is 22.2 Å². The summed E-state index contributed by atoms with van der Waals surface area (Å²) < 4.78 is 5.95. The maximum atomic E-state index is 9.96. The van der Waals surface area contributed by atoms with Crippen molar-refractivity contribution in [1.29, 1.82) is 0 Å². The van der Waals surface area contributed by atoms with Crippen LogP contribution in [0.5, 0.6) is 11.5 Å². The van der Waals surface area contributed by atoms with Crippen molar-refractivity contribution in [1.82, 2.24) is 0 Å². The minimum Gasteiger partial charge on any atom is -0.504 e. The molecule has 0 radical (unpaired) electrons. The Morgan fingerprint density at radius 3 is 2.75 bits per heavy atom. The van der Waals surface area contributed by atoms with E-state index >= 15 is 0 Å². The Labute approximate surface area is 105 Å². The van der Waals surface area contributed by atoms with Crippen molar-refractivity contribution in [2.24, 2.45) is 5.73 Å². The summed E-state index contributed by atoms with van der Waals surface area (Å²) in [5, 5.41) is 9.96. The van der Waals surface area contributed by atoms with Gasteiger partial charge in [0.25, 0.3) is 0 Å². The molecule has 0 saturated carbocycles. The maximum Gasteiger partial charge on any atom is 0.162 e. The van der Waals surface area contributed by atoms with Crippen LogP contribution in [0.2, 0.25) is 0 Å². The topological polar surface area (TPSA) is 55.5 Å². The molecule has 3 nitrogen and oxygen atoms in total. The molecule has 0 saturated heterocycles. The summed E-state index contributed by atoms with van der Waals surface area (Å²) in [7, 11) is 1.53. The van der Waals surface area contributed by atoms with E-state index in [1.165, 1.54) is 7.11 Å². The van der Waals surface area contributed by atoms with Gasteiger partial charge in [0, 0.05) is 16.1 Å². The molecule has 0 aliphatic heterocycles. The lowest BCUT2D eigenvalue weighted by molar-refractivity contribution is 0.367. The Hall–Kier alpha value is -0.740. The fourth-order valence-corrected chi connectivity index (χ4v) is 2.07. The standard InChI is InChI=1S/C12H18BrNO2/c1-3-4-5-10(14)9-6-8(13)7-11(16-2)12(9)15/h6-7,10,15H,3-5,14H2,1-2H3/t10-/m0/s1. The van der Waals surface area contributed by atoms with E-state index in [1.807, 2.05) is 6.07 Å². The highest BCUT2D eigenvalue weighted by Crippen LogP contribution is 2.37. The molecule has 3 N–H and O–H groups in total. The zero-order valence-corrected chi connectivity index (χ0v) is 11.3. The Kier molecular flexibility index (Phi) is 5.09. The minimum absolute atomic E-state index is 0.147. The number of nitrogens with two attached hydrogens (primary N) is 1. The van der Waals surface area contributed by atoms with E-state index < -0.39 is 0 Å². The van der Waals surface area contributed by atoms with Crippen molar-refractivity contribution in [2.75, 3.05) is 7.11 Å². The fraction of sp³-hybridized carbons (Fsp3) is 0.500. The number of methoxy groups -OCH3 is 1. The third kappa shape index (κ3) is 3.12. The summed E-state index contributed by atoms with van der Waals surface area (Å²) in [5.41, 5.74) is 6.77. The highest BCUT2D eigenvalue weighted by molar-refractivity contribution is 9.10. The normalized spacial score (nSPS) is 12.5. The molecule has 0 fully saturated rings. The molecule has 0 heterocycles. The first kappa shape index (κ1) is 13.3. The molecule has 4 heteroatoms. The summed E-state index contributed by atoms with van der Waals surface area (Å²) >= 11 is 3.38. The molecule has 16 heavy (non-hydrogen) atoms. The van der Waals surface area contributed by atoms with Gasteiger partial charge in [-0.3, -0.25) is 0 Å². The molecule has 0 bridgehead atoms. The number of hydrogen-bond acceptors (Lipinski definition) is 3. The van der Waals surface area contributed by atoms with Crippen LogP contribution in [0, 0.1) is 0 Å². The molecule has 0 aliphatic rings. The van der Waals surface area contributed by atoms with Crippen LogP contribution in [0.3, 0.4) is 0 Å². The number of hydrogen-bond donors (Lipinski definition) is 2. The van der Waals surface area contributed by atoms with E-state index in [4.69, 9.17) is 10.5 Å². The number of benzene rings is 1. The second-order valence-corrected chi connectivity index (χ2v) is 4.71. The van der Waals surface area contributed by atoms with Gasteiger partial charge in [-0.2, -0.15) is 0 Å². The summed E-state index contributed by atoms with van der Waals surface area (Å²) in [6.45, 7) is 2.12. The van der Waals surface area contributed by atoms with E-state index in [1.54, 1.807) is 6.07 Å². The molecule has 1 atom stereocenters. The smallest absolute Gasteiger partial charge is 0.162 e. The van der Waals surface area contributed by atoms with Crippen molar-refractivity contribution in [3.8, 4) is 11.5 Å². The molecule has 0 aliphatic carbocycles. The molecular formula is C12H18BrNO2. The Balaban J connectivity index is 2.98. The van der Waals surface area contributed by atoms with Gasteiger partial charge in [0.1, 0.15) is 0 Å².